The highest BCUT2D eigenvalue weighted by Crippen LogP contribution is 2.15. The van der Waals surface area contributed by atoms with Gasteiger partial charge in [0.25, 0.3) is 0 Å². The van der Waals surface area contributed by atoms with E-state index in [1.165, 1.54) is 24.8 Å². The Balaban J connectivity index is 2.53. The molecule has 0 spiro atoms. The van der Waals surface area contributed by atoms with Crippen molar-refractivity contribution in [2.45, 2.75) is 25.7 Å². The Morgan fingerprint density at radius 2 is 2.33 bits per heavy atom. The molecule has 0 saturated heterocycles. The normalized spacial score (nSPS) is 17.7. The summed E-state index contributed by atoms with van der Waals surface area (Å²) in [5, 5.41) is 2.61. The topological polar surface area (TPSA) is 0 Å². The van der Waals surface area contributed by atoms with Crippen LogP contribution in [0.25, 0.3) is 0 Å². The summed E-state index contributed by atoms with van der Waals surface area (Å²) in [7, 11) is 0. The van der Waals surface area contributed by atoms with Crippen LogP contribution >= 0.6 is 12.6 Å². The van der Waals surface area contributed by atoms with Crippen LogP contribution in [0.1, 0.15) is 25.7 Å². The molecule has 0 saturated carbocycles. The summed E-state index contributed by atoms with van der Waals surface area (Å²) in [4.78, 5) is 0. The Labute approximate surface area is 61.8 Å². The molecule has 0 aromatic heterocycles. The minimum Gasteiger partial charge on any atom is -0.0918 e. The minimum absolute atomic E-state index is 1.16. The van der Waals surface area contributed by atoms with Gasteiger partial charge < -0.3 is 0 Å². The summed E-state index contributed by atoms with van der Waals surface area (Å²) in [5.41, 5.74) is 1.27. The molecular formula is C8H10S. The van der Waals surface area contributed by atoms with E-state index in [1.807, 2.05) is 0 Å². The largest absolute Gasteiger partial charge is 0.0918 e. The molecule has 1 heteroatoms. The van der Waals surface area contributed by atoms with Crippen LogP contribution in [0.2, 0.25) is 0 Å². The van der Waals surface area contributed by atoms with Gasteiger partial charge in [0.15, 0.2) is 0 Å². The zero-order valence-corrected chi connectivity index (χ0v) is 6.25. The molecule has 0 nitrogen and oxygen atoms in total. The molecule has 0 bridgehead atoms. The van der Waals surface area contributed by atoms with Gasteiger partial charge in [-0.05, 0) is 36.5 Å². The molecule has 0 aliphatic heterocycles. The van der Waals surface area contributed by atoms with E-state index in [9.17, 15) is 0 Å². The predicted molar refractivity (Wildman–Crippen MR) is 43.3 cm³/mol. The van der Waals surface area contributed by atoms with Gasteiger partial charge in [0, 0.05) is 0 Å². The monoisotopic (exact) mass is 138 g/mol. The summed E-state index contributed by atoms with van der Waals surface area (Å²) in [5.74, 6) is 2.96. The molecule has 0 unspecified atom stereocenters. The van der Waals surface area contributed by atoms with Crippen molar-refractivity contribution in [1.29, 1.82) is 0 Å². The maximum absolute atomic E-state index is 3.83. The molecule has 0 radical (unpaired) electrons. The van der Waals surface area contributed by atoms with Crippen molar-refractivity contribution >= 4 is 12.6 Å². The standard InChI is InChI=1S/C8H10S/c9-7-6-8-4-2-1-3-5-8/h4,9H,1-3,5H2. The molecule has 1 aliphatic rings. The number of rotatable bonds is 0. The maximum Gasteiger partial charge on any atom is -0.00107 e. The first kappa shape index (κ1) is 6.77. The zero-order valence-electron chi connectivity index (χ0n) is 5.35. The lowest BCUT2D eigenvalue weighted by Gasteiger charge is -2.04. The van der Waals surface area contributed by atoms with Crippen molar-refractivity contribution in [2.75, 3.05) is 0 Å². The summed E-state index contributed by atoms with van der Waals surface area (Å²) >= 11 is 3.83. The Bertz CT molecular complexity index is 169. The van der Waals surface area contributed by atoms with E-state index in [4.69, 9.17) is 0 Å². The molecule has 0 atom stereocenters. The Morgan fingerprint density at radius 3 is 2.89 bits per heavy atom. The molecule has 1 aliphatic carbocycles. The highest BCUT2D eigenvalue weighted by Gasteiger charge is 1.98. The molecule has 1 rings (SSSR count). The van der Waals surface area contributed by atoms with Crippen LogP contribution in [0.4, 0.5) is 0 Å². The van der Waals surface area contributed by atoms with Crippen molar-refractivity contribution in [2.24, 2.45) is 0 Å². The van der Waals surface area contributed by atoms with Crippen molar-refractivity contribution in [3.63, 3.8) is 0 Å². The third kappa shape index (κ3) is 2.15. The fraction of sp³-hybridized carbons (Fsp3) is 0.500. The summed E-state index contributed by atoms with van der Waals surface area (Å²) in [6, 6.07) is 0. The molecule has 0 amide bonds. The Hall–Kier alpha value is -0.350. The summed E-state index contributed by atoms with van der Waals surface area (Å²) in [6.45, 7) is 0. The van der Waals surface area contributed by atoms with Crippen LogP contribution in [0, 0.1) is 11.2 Å². The Kier molecular flexibility index (Phi) is 2.73. The van der Waals surface area contributed by atoms with Crippen molar-refractivity contribution in [3.05, 3.63) is 11.6 Å². The maximum atomic E-state index is 3.83. The molecule has 48 valence electrons. The van der Waals surface area contributed by atoms with Gasteiger partial charge in [-0.1, -0.05) is 24.6 Å². The highest BCUT2D eigenvalue weighted by atomic mass is 32.1. The average molecular weight is 138 g/mol. The van der Waals surface area contributed by atoms with Crippen molar-refractivity contribution in [1.82, 2.24) is 0 Å². The lowest BCUT2D eigenvalue weighted by molar-refractivity contribution is 0.715. The third-order valence-corrected chi connectivity index (χ3v) is 1.62. The van der Waals surface area contributed by atoms with E-state index in [1.54, 1.807) is 0 Å². The summed E-state index contributed by atoms with van der Waals surface area (Å²) < 4.78 is 0. The summed E-state index contributed by atoms with van der Waals surface area (Å²) in [6.07, 6.45) is 7.21. The fourth-order valence-electron chi connectivity index (χ4n) is 1.02. The second-order valence-electron chi connectivity index (χ2n) is 2.21. The number of thiol groups is 1. The van der Waals surface area contributed by atoms with Gasteiger partial charge in [0.1, 0.15) is 0 Å². The van der Waals surface area contributed by atoms with Crippen LogP contribution in [-0.4, -0.2) is 0 Å². The van der Waals surface area contributed by atoms with Crippen LogP contribution in [0.5, 0.6) is 0 Å². The van der Waals surface area contributed by atoms with Gasteiger partial charge in [0.2, 0.25) is 0 Å². The van der Waals surface area contributed by atoms with Crippen LogP contribution < -0.4 is 0 Å². The van der Waals surface area contributed by atoms with Gasteiger partial charge in [-0.2, -0.15) is 0 Å². The van der Waals surface area contributed by atoms with E-state index < -0.39 is 0 Å². The van der Waals surface area contributed by atoms with E-state index in [0.717, 1.165) is 6.42 Å². The second-order valence-corrected chi connectivity index (χ2v) is 2.44. The van der Waals surface area contributed by atoms with Crippen LogP contribution in [-0.2, 0) is 0 Å². The first-order chi connectivity index (χ1) is 4.43. The predicted octanol–water partition coefficient (Wildman–Crippen LogP) is 2.38. The van der Waals surface area contributed by atoms with Gasteiger partial charge in [-0.15, -0.1) is 0 Å². The van der Waals surface area contributed by atoms with E-state index in [0.29, 0.717) is 0 Å². The first-order valence-corrected chi connectivity index (χ1v) is 3.72. The van der Waals surface area contributed by atoms with Gasteiger partial charge in [0.05, 0.1) is 0 Å². The second kappa shape index (κ2) is 3.63. The van der Waals surface area contributed by atoms with Gasteiger partial charge in [-0.3, -0.25) is 0 Å². The molecular weight excluding hydrogens is 128 g/mol. The van der Waals surface area contributed by atoms with E-state index >= 15 is 0 Å². The molecule has 0 N–H and O–H groups in total. The van der Waals surface area contributed by atoms with Crippen molar-refractivity contribution < 1.29 is 0 Å². The van der Waals surface area contributed by atoms with Gasteiger partial charge >= 0.3 is 0 Å². The lowest BCUT2D eigenvalue weighted by Crippen LogP contribution is -1.87. The third-order valence-electron chi connectivity index (χ3n) is 1.51. The number of allylic oxidation sites excluding steroid dienone is 2. The molecule has 9 heavy (non-hydrogen) atoms. The average Bonchev–Trinajstić information content (AvgIpc) is 1.91. The Morgan fingerprint density at radius 1 is 1.44 bits per heavy atom. The van der Waals surface area contributed by atoms with Crippen LogP contribution in [0.3, 0.4) is 0 Å². The quantitative estimate of drug-likeness (QED) is 0.385. The molecule has 0 aromatic carbocycles. The molecule has 0 aromatic rings. The van der Waals surface area contributed by atoms with Gasteiger partial charge in [-0.25, -0.2) is 0 Å². The number of hydrogen-bond acceptors (Lipinski definition) is 1. The first-order valence-electron chi connectivity index (χ1n) is 3.27. The lowest BCUT2D eigenvalue weighted by atomic mass is 10.0. The minimum atomic E-state index is 1.16. The fourth-order valence-corrected chi connectivity index (χ4v) is 1.17. The van der Waals surface area contributed by atoms with E-state index in [2.05, 4.69) is 29.9 Å². The SMILES string of the molecule is SC#CC1=CCCCC1. The number of hydrogen-bond donors (Lipinski definition) is 1. The molecule has 0 heterocycles. The van der Waals surface area contributed by atoms with Crippen LogP contribution in [0.15, 0.2) is 11.6 Å². The molecule has 0 fully saturated rings. The zero-order chi connectivity index (χ0) is 6.53. The van der Waals surface area contributed by atoms with E-state index in [-0.39, 0.29) is 0 Å². The highest BCUT2D eigenvalue weighted by molar-refractivity contribution is 7.85. The van der Waals surface area contributed by atoms with Crippen molar-refractivity contribution in [3.8, 4) is 11.2 Å². The smallest absolute Gasteiger partial charge is 0.00107 e.